The minimum atomic E-state index is -1.78. The molecule has 0 amide bonds. The maximum Gasteiger partial charge on any atom is 0 e. The van der Waals surface area contributed by atoms with Crippen LogP contribution in [0.15, 0.2) is 170 Å². The van der Waals surface area contributed by atoms with E-state index >= 15 is 0 Å². The molecule has 0 bridgehead atoms. The third kappa shape index (κ3) is 7.23. The second kappa shape index (κ2) is 15.5. The number of benzene rings is 7. The van der Waals surface area contributed by atoms with E-state index in [1.165, 1.54) is 48.5 Å². The van der Waals surface area contributed by atoms with Gasteiger partial charge in [0.05, 0.1) is 16.9 Å². The third-order valence-corrected chi connectivity index (χ3v) is 15.4. The number of pyridine rings is 1. The van der Waals surface area contributed by atoms with Crippen LogP contribution in [0.5, 0.6) is 0 Å². The fraction of sp³-hybridized carbons (Fsp3) is 0.115. The topological polar surface area (TPSA) is 30.7 Å². The Morgan fingerprint density at radius 3 is 2.11 bits per heavy atom. The number of rotatable bonds is 5. The summed E-state index contributed by atoms with van der Waals surface area (Å²) in [4.78, 5) is 9.77. The Kier molecular flexibility index (Phi) is 10.5. The van der Waals surface area contributed by atoms with Gasteiger partial charge in [0, 0.05) is 25.8 Å². The molecule has 0 N–H and O–H groups in total. The number of nitrogens with zero attached hydrogens (tertiary/aromatic N) is 3. The normalized spacial score (nSPS) is 12.6. The molecule has 0 atom stereocenters. The van der Waals surface area contributed by atoms with Crippen LogP contribution in [-0.4, -0.2) is 27.8 Å². The Morgan fingerprint density at radius 2 is 1.33 bits per heavy atom. The zero-order valence-corrected chi connectivity index (χ0v) is 37.3. The van der Waals surface area contributed by atoms with Crippen LogP contribution in [0.1, 0.15) is 25.0 Å². The molecule has 0 fully saturated rings. The van der Waals surface area contributed by atoms with E-state index in [1.807, 2.05) is 12.1 Å². The number of aromatic nitrogens is 3. The molecule has 281 valence electrons. The van der Waals surface area contributed by atoms with Crippen LogP contribution in [0.2, 0.25) is 17.3 Å². The number of fused-ring (bicyclic) bond motifs is 5. The van der Waals surface area contributed by atoms with E-state index in [1.54, 1.807) is 0 Å². The number of hydrogen-bond acceptors (Lipinski definition) is 2. The monoisotopic (exact) mass is 976 g/mol. The van der Waals surface area contributed by atoms with Crippen LogP contribution in [-0.2, 0) is 25.5 Å². The van der Waals surface area contributed by atoms with E-state index in [9.17, 15) is 0 Å². The van der Waals surface area contributed by atoms with Crippen molar-refractivity contribution in [3.63, 3.8) is 0 Å². The molecule has 0 aliphatic heterocycles. The average Bonchev–Trinajstić information content (AvgIpc) is 3.73. The van der Waals surface area contributed by atoms with Crippen molar-refractivity contribution in [2.75, 3.05) is 0 Å². The Hall–Kier alpha value is -5.39. The van der Waals surface area contributed by atoms with Crippen LogP contribution >= 0.6 is 0 Å². The van der Waals surface area contributed by atoms with Crippen LogP contribution in [0.4, 0.5) is 0 Å². The van der Waals surface area contributed by atoms with E-state index in [0.717, 1.165) is 39.4 Å². The van der Waals surface area contributed by atoms with Gasteiger partial charge in [-0.1, -0.05) is 98.3 Å². The summed E-state index contributed by atoms with van der Waals surface area (Å²) in [6, 6.07) is 64.6. The van der Waals surface area contributed by atoms with Gasteiger partial charge in [0.1, 0.15) is 0 Å². The van der Waals surface area contributed by atoms with Gasteiger partial charge in [0.15, 0.2) is 0 Å². The maximum atomic E-state index is 5.09. The quantitative estimate of drug-likeness (QED) is 0.127. The third-order valence-electron chi connectivity index (χ3n) is 11.2. The first kappa shape index (κ1) is 38.5. The van der Waals surface area contributed by atoms with Crippen molar-refractivity contribution in [1.29, 1.82) is 0 Å². The Bertz CT molecular complexity index is 2850. The van der Waals surface area contributed by atoms with Gasteiger partial charge in [-0.15, -0.1) is 29.3 Å². The Balaban J connectivity index is 0.000000185. The Morgan fingerprint density at radius 1 is 0.632 bits per heavy atom. The summed E-state index contributed by atoms with van der Waals surface area (Å²) in [5.74, 6) is 8.08. The molecule has 9 aromatic rings. The van der Waals surface area contributed by atoms with Gasteiger partial charge < -0.3 is 4.57 Å². The van der Waals surface area contributed by atoms with Gasteiger partial charge in [0.2, 0.25) is 0 Å². The van der Waals surface area contributed by atoms with Crippen LogP contribution < -0.4 is 4.40 Å². The second-order valence-corrected chi connectivity index (χ2v) is 26.8. The molecule has 0 saturated heterocycles. The molecule has 1 aliphatic rings. The fourth-order valence-electron chi connectivity index (χ4n) is 8.03. The van der Waals surface area contributed by atoms with Crippen molar-refractivity contribution in [3.8, 4) is 50.6 Å². The standard InChI is InChI=1S/C34H25N2.C18H18GeN.Ir/c1-34(2)29-13-7-6-12-27(29)28-22-25(18-21-30(28)34)33-35-31-14-8-9-15-32(31)36(33)26-19-16-24(17-20-26)23-10-4-3-5-11-23;1-19(2,3)15-11-12-18(20-13-15)17-10-6-8-14-7-4-5-9-16(14)17;/h3-17,19-22H,1-2H3;4-9,11-13H,1-3H3;/q2*-1;. The zero-order chi connectivity index (χ0) is 38.4. The van der Waals surface area contributed by atoms with Gasteiger partial charge in [-0.3, -0.25) is 4.98 Å². The molecule has 0 spiro atoms. The molecule has 3 nitrogen and oxygen atoms in total. The van der Waals surface area contributed by atoms with Crippen LogP contribution in [0, 0.1) is 12.1 Å². The molecule has 5 heteroatoms. The van der Waals surface area contributed by atoms with E-state index in [0.29, 0.717) is 0 Å². The summed E-state index contributed by atoms with van der Waals surface area (Å²) in [6.07, 6.45) is 2.06. The largest absolute Gasteiger partial charge is 0 e. The predicted octanol–water partition coefficient (Wildman–Crippen LogP) is 12.7. The summed E-state index contributed by atoms with van der Waals surface area (Å²) in [7, 11) is 0. The number of imidazole rings is 1. The van der Waals surface area contributed by atoms with Crippen molar-refractivity contribution in [3.05, 3.63) is 193 Å². The summed E-state index contributed by atoms with van der Waals surface area (Å²) in [6.45, 7) is 4.60. The first-order valence-electron chi connectivity index (χ1n) is 19.3. The van der Waals surface area contributed by atoms with Gasteiger partial charge in [-0.25, -0.2) is 0 Å². The first-order chi connectivity index (χ1) is 27.2. The van der Waals surface area contributed by atoms with E-state index in [-0.39, 0.29) is 25.5 Å². The van der Waals surface area contributed by atoms with Crippen molar-refractivity contribution < 1.29 is 20.1 Å². The van der Waals surface area contributed by atoms with Crippen molar-refractivity contribution in [2.45, 2.75) is 36.5 Å². The molecule has 2 aromatic heterocycles. The van der Waals surface area contributed by atoms with Gasteiger partial charge in [0.25, 0.3) is 0 Å². The number of hydrogen-bond donors (Lipinski definition) is 0. The van der Waals surface area contributed by atoms with Crippen LogP contribution in [0.25, 0.3) is 72.4 Å². The molecular weight excluding hydrogens is 931 g/mol. The smallest absolute Gasteiger partial charge is 0 e. The SMILES string of the molecule is CC1(C)c2c[c-]c(-c3nc4ccccc4n3-c3ccc(-c4ccccc4)cc3)cc2-c2ccccc21.[CH3][Ge]([CH3])([CH3])[c]1ccc(-c2[c-]ccc3ccccc23)nc1.[Ir]. The first-order valence-corrected chi connectivity index (χ1v) is 26.7. The van der Waals surface area contributed by atoms with Crippen molar-refractivity contribution in [1.82, 2.24) is 14.5 Å². The molecular formula is C52H43GeIrN3-2. The second-order valence-electron chi connectivity index (χ2n) is 16.1. The fourth-order valence-corrected chi connectivity index (χ4v) is 10.2. The molecule has 57 heavy (non-hydrogen) atoms. The summed E-state index contributed by atoms with van der Waals surface area (Å²) in [5.41, 5.74) is 13.9. The minimum absolute atomic E-state index is 0. The summed E-state index contributed by atoms with van der Waals surface area (Å²) >= 11 is -1.78. The molecule has 0 saturated carbocycles. The molecule has 10 rings (SSSR count). The van der Waals surface area contributed by atoms with E-state index in [4.69, 9.17) is 4.98 Å². The zero-order valence-electron chi connectivity index (χ0n) is 32.8. The van der Waals surface area contributed by atoms with E-state index in [2.05, 4.69) is 211 Å². The maximum absolute atomic E-state index is 5.09. The van der Waals surface area contributed by atoms with E-state index < -0.39 is 13.3 Å². The van der Waals surface area contributed by atoms with Crippen molar-refractivity contribution >= 4 is 39.5 Å². The summed E-state index contributed by atoms with van der Waals surface area (Å²) in [5, 5.41) is 2.45. The summed E-state index contributed by atoms with van der Waals surface area (Å²) < 4.78 is 3.70. The minimum Gasteiger partial charge on any atom is 0 e. The molecule has 0 unspecified atom stereocenters. The Labute approximate surface area is 352 Å². The average molecular weight is 975 g/mol. The molecule has 2 heterocycles. The van der Waals surface area contributed by atoms with Crippen LogP contribution in [0.3, 0.4) is 0 Å². The predicted molar refractivity (Wildman–Crippen MR) is 237 cm³/mol. The van der Waals surface area contributed by atoms with Gasteiger partial charge in [-0.2, -0.15) is 0 Å². The van der Waals surface area contributed by atoms with Gasteiger partial charge >= 0.3 is 123 Å². The van der Waals surface area contributed by atoms with Gasteiger partial charge in [-0.05, 0) is 51.9 Å². The number of para-hydroxylation sites is 2. The van der Waals surface area contributed by atoms with Crippen molar-refractivity contribution in [2.24, 2.45) is 0 Å². The molecule has 1 aliphatic carbocycles. The molecule has 1 radical (unpaired) electrons. The molecule has 7 aromatic carbocycles.